The number of aliphatic hydroxyl groups excluding tert-OH is 1. The van der Waals surface area contributed by atoms with Crippen molar-refractivity contribution >= 4 is 0 Å². The molecular weight excluding hydrogens is 174 g/mol. The molecule has 0 unspecified atom stereocenters. The number of nitriles is 1. The van der Waals surface area contributed by atoms with Gasteiger partial charge in [0.2, 0.25) is 0 Å². The summed E-state index contributed by atoms with van der Waals surface area (Å²) in [5, 5.41) is 18.0. The van der Waals surface area contributed by atoms with E-state index in [0.717, 1.165) is 18.4 Å². The molecule has 1 saturated carbocycles. The minimum absolute atomic E-state index is 0.0204. The summed E-state index contributed by atoms with van der Waals surface area (Å²) in [6, 6.07) is 10.1. The second-order valence-electron chi connectivity index (χ2n) is 3.93. The Labute approximate surface area is 83.8 Å². The number of rotatable bonds is 3. The summed E-state index contributed by atoms with van der Waals surface area (Å²) in [5.41, 5.74) is 2.22. The molecule has 1 aromatic carbocycles. The Morgan fingerprint density at radius 2 is 2.07 bits per heavy atom. The van der Waals surface area contributed by atoms with Crippen molar-refractivity contribution in [1.82, 2.24) is 0 Å². The van der Waals surface area contributed by atoms with Crippen molar-refractivity contribution in [1.29, 1.82) is 5.26 Å². The normalized spacial score (nSPS) is 17.4. The van der Waals surface area contributed by atoms with Crippen LogP contribution in [-0.4, -0.2) is 11.7 Å². The molecule has 0 saturated heterocycles. The van der Waals surface area contributed by atoms with E-state index in [4.69, 9.17) is 5.26 Å². The first kappa shape index (κ1) is 9.23. The highest BCUT2D eigenvalue weighted by Crippen LogP contribution is 2.48. The van der Waals surface area contributed by atoms with Gasteiger partial charge in [0, 0.05) is 5.41 Å². The largest absolute Gasteiger partial charge is 0.395 e. The first-order valence-corrected chi connectivity index (χ1v) is 4.88. The van der Waals surface area contributed by atoms with Crippen LogP contribution in [0.3, 0.4) is 0 Å². The number of hydrogen-bond donors (Lipinski definition) is 1. The number of benzene rings is 1. The molecule has 1 fully saturated rings. The molecule has 0 heterocycles. The quantitative estimate of drug-likeness (QED) is 0.783. The van der Waals surface area contributed by atoms with Gasteiger partial charge >= 0.3 is 0 Å². The third kappa shape index (κ3) is 1.40. The number of hydrogen-bond acceptors (Lipinski definition) is 2. The lowest BCUT2D eigenvalue weighted by atomic mass is 9.91. The Morgan fingerprint density at radius 3 is 2.64 bits per heavy atom. The first-order valence-electron chi connectivity index (χ1n) is 4.88. The van der Waals surface area contributed by atoms with Crippen LogP contribution in [0, 0.1) is 11.3 Å². The third-order valence-electron chi connectivity index (χ3n) is 3.01. The first-order chi connectivity index (χ1) is 6.82. The van der Waals surface area contributed by atoms with Crippen molar-refractivity contribution in [2.24, 2.45) is 0 Å². The van der Waals surface area contributed by atoms with E-state index in [-0.39, 0.29) is 12.0 Å². The van der Waals surface area contributed by atoms with Crippen LogP contribution >= 0.6 is 0 Å². The molecule has 0 amide bonds. The molecule has 14 heavy (non-hydrogen) atoms. The van der Waals surface area contributed by atoms with Gasteiger partial charge in [0.05, 0.1) is 19.1 Å². The van der Waals surface area contributed by atoms with Crippen LogP contribution in [0.5, 0.6) is 0 Å². The van der Waals surface area contributed by atoms with Crippen molar-refractivity contribution < 1.29 is 5.11 Å². The Balaban J connectivity index is 2.38. The van der Waals surface area contributed by atoms with Gasteiger partial charge in [0.25, 0.3) is 0 Å². The maximum absolute atomic E-state index is 9.32. The molecule has 0 bridgehead atoms. The van der Waals surface area contributed by atoms with Crippen LogP contribution < -0.4 is 0 Å². The van der Waals surface area contributed by atoms with E-state index in [9.17, 15) is 5.11 Å². The van der Waals surface area contributed by atoms with Crippen molar-refractivity contribution in [3.63, 3.8) is 0 Å². The minimum Gasteiger partial charge on any atom is -0.395 e. The van der Waals surface area contributed by atoms with Crippen LogP contribution in [0.15, 0.2) is 24.3 Å². The Hall–Kier alpha value is -1.33. The van der Waals surface area contributed by atoms with Gasteiger partial charge in [-0.2, -0.15) is 5.26 Å². The Bertz CT molecular complexity index is 374. The van der Waals surface area contributed by atoms with Gasteiger partial charge in [-0.15, -0.1) is 0 Å². The number of aliphatic hydroxyl groups is 1. The topological polar surface area (TPSA) is 44.0 Å². The van der Waals surface area contributed by atoms with Gasteiger partial charge < -0.3 is 5.11 Å². The van der Waals surface area contributed by atoms with E-state index < -0.39 is 0 Å². The fourth-order valence-electron chi connectivity index (χ4n) is 1.94. The second kappa shape index (κ2) is 3.43. The molecule has 0 radical (unpaired) electrons. The van der Waals surface area contributed by atoms with Crippen molar-refractivity contribution in [2.45, 2.75) is 24.7 Å². The molecule has 0 aromatic heterocycles. The molecule has 1 aliphatic rings. The van der Waals surface area contributed by atoms with Crippen LogP contribution in [0.25, 0.3) is 0 Å². The van der Waals surface area contributed by atoms with Crippen LogP contribution in [-0.2, 0) is 11.8 Å². The van der Waals surface area contributed by atoms with Gasteiger partial charge in [0.1, 0.15) is 0 Å². The number of nitrogens with zero attached hydrogens (tertiary/aromatic N) is 1. The third-order valence-corrected chi connectivity index (χ3v) is 3.01. The van der Waals surface area contributed by atoms with Gasteiger partial charge in [-0.1, -0.05) is 24.3 Å². The van der Waals surface area contributed by atoms with Crippen LogP contribution in [0.4, 0.5) is 0 Å². The molecular formula is C12H13NO. The highest BCUT2D eigenvalue weighted by atomic mass is 16.3. The van der Waals surface area contributed by atoms with Crippen molar-refractivity contribution in [3.05, 3.63) is 35.4 Å². The molecule has 2 heteroatoms. The van der Waals surface area contributed by atoms with E-state index in [1.54, 1.807) is 0 Å². The van der Waals surface area contributed by atoms with E-state index in [1.807, 2.05) is 24.3 Å². The van der Waals surface area contributed by atoms with Crippen molar-refractivity contribution in [3.8, 4) is 6.07 Å². The summed E-state index contributed by atoms with van der Waals surface area (Å²) in [5.74, 6) is 0. The zero-order valence-electron chi connectivity index (χ0n) is 8.03. The Morgan fingerprint density at radius 1 is 1.36 bits per heavy atom. The predicted octanol–water partition coefficient (Wildman–Crippen LogP) is 1.78. The lowest BCUT2D eigenvalue weighted by molar-refractivity contribution is 0.254. The van der Waals surface area contributed by atoms with Gasteiger partial charge in [-0.05, 0) is 24.0 Å². The lowest BCUT2D eigenvalue weighted by Crippen LogP contribution is -2.14. The maximum Gasteiger partial charge on any atom is 0.0669 e. The fraction of sp³-hybridized carbons (Fsp3) is 0.417. The summed E-state index contributed by atoms with van der Waals surface area (Å²) < 4.78 is 0. The zero-order chi connectivity index (χ0) is 10.0. The maximum atomic E-state index is 9.32. The molecule has 0 spiro atoms. The monoisotopic (exact) mass is 187 g/mol. The van der Waals surface area contributed by atoms with E-state index in [0.29, 0.717) is 6.42 Å². The Kier molecular flexibility index (Phi) is 2.26. The van der Waals surface area contributed by atoms with Gasteiger partial charge in [-0.25, -0.2) is 0 Å². The zero-order valence-corrected chi connectivity index (χ0v) is 8.03. The average Bonchev–Trinajstić information content (AvgIpc) is 3.00. The average molecular weight is 187 g/mol. The second-order valence-corrected chi connectivity index (χ2v) is 3.93. The SMILES string of the molecule is N#CCc1ccccc1C1(CO)CC1. The molecule has 72 valence electrons. The molecule has 1 aromatic rings. The minimum atomic E-state index is -0.0204. The molecule has 0 aliphatic heterocycles. The van der Waals surface area contributed by atoms with E-state index in [2.05, 4.69) is 6.07 Å². The van der Waals surface area contributed by atoms with E-state index >= 15 is 0 Å². The summed E-state index contributed by atoms with van der Waals surface area (Å²) in [4.78, 5) is 0. The molecule has 2 nitrogen and oxygen atoms in total. The van der Waals surface area contributed by atoms with Crippen molar-refractivity contribution in [2.75, 3.05) is 6.61 Å². The standard InChI is InChI=1S/C12H13NO/c13-8-5-10-3-1-2-4-11(10)12(9-14)6-7-12/h1-4,14H,5-7,9H2. The molecule has 1 N–H and O–H groups in total. The molecule has 1 aliphatic carbocycles. The van der Waals surface area contributed by atoms with Crippen LogP contribution in [0.1, 0.15) is 24.0 Å². The summed E-state index contributed by atoms with van der Waals surface area (Å²) in [6.45, 7) is 0.204. The van der Waals surface area contributed by atoms with Gasteiger partial charge in [0.15, 0.2) is 0 Å². The molecule has 0 atom stereocenters. The summed E-state index contributed by atoms with van der Waals surface area (Å²) in [6.07, 6.45) is 2.54. The van der Waals surface area contributed by atoms with Crippen LogP contribution in [0.2, 0.25) is 0 Å². The highest BCUT2D eigenvalue weighted by Gasteiger charge is 2.44. The predicted molar refractivity (Wildman–Crippen MR) is 53.8 cm³/mol. The summed E-state index contributed by atoms with van der Waals surface area (Å²) >= 11 is 0. The van der Waals surface area contributed by atoms with E-state index in [1.165, 1.54) is 5.56 Å². The summed E-state index contributed by atoms with van der Waals surface area (Å²) in [7, 11) is 0. The van der Waals surface area contributed by atoms with Gasteiger partial charge in [-0.3, -0.25) is 0 Å². The fourth-order valence-corrected chi connectivity index (χ4v) is 1.94. The smallest absolute Gasteiger partial charge is 0.0669 e. The highest BCUT2D eigenvalue weighted by molar-refractivity contribution is 5.39. The molecule has 2 rings (SSSR count). The lowest BCUT2D eigenvalue weighted by Gasteiger charge is -2.15.